The summed E-state index contributed by atoms with van der Waals surface area (Å²) in [5.41, 5.74) is 0. The second-order valence-corrected chi connectivity index (χ2v) is 3.62. The fourth-order valence-electron chi connectivity index (χ4n) is 1.65. The molecular formula is C9H12N4O4. The van der Waals surface area contributed by atoms with Gasteiger partial charge in [-0.05, 0) is 0 Å². The molecule has 8 nitrogen and oxygen atoms in total. The first-order valence-electron chi connectivity index (χ1n) is 5.12. The Morgan fingerprint density at radius 3 is 3.00 bits per heavy atom. The first kappa shape index (κ1) is 11.5. The van der Waals surface area contributed by atoms with Gasteiger partial charge in [0, 0.05) is 12.7 Å². The van der Waals surface area contributed by atoms with Crippen LogP contribution in [0.1, 0.15) is 0 Å². The topological polar surface area (TPSA) is 97.6 Å². The molecule has 2 rings (SSSR count). The van der Waals surface area contributed by atoms with E-state index in [1.54, 1.807) is 6.20 Å². The first-order chi connectivity index (χ1) is 8.18. The molecule has 1 saturated heterocycles. The minimum Gasteiger partial charge on any atom is -0.480 e. The number of carboxylic acids is 1. The molecule has 1 amide bonds. The van der Waals surface area contributed by atoms with Gasteiger partial charge in [-0.1, -0.05) is 5.21 Å². The molecule has 1 fully saturated rings. The fraction of sp³-hybridized carbons (Fsp3) is 0.556. The maximum atomic E-state index is 11.9. The van der Waals surface area contributed by atoms with Crippen LogP contribution in [0, 0.1) is 0 Å². The molecule has 92 valence electrons. The van der Waals surface area contributed by atoms with Crippen LogP contribution in [-0.2, 0) is 20.9 Å². The summed E-state index contributed by atoms with van der Waals surface area (Å²) >= 11 is 0. The number of rotatable bonds is 3. The quantitative estimate of drug-likeness (QED) is 0.697. The van der Waals surface area contributed by atoms with Crippen LogP contribution in [-0.4, -0.2) is 62.7 Å². The van der Waals surface area contributed by atoms with Crippen LogP contribution in [0.3, 0.4) is 0 Å². The Balaban J connectivity index is 2.03. The second-order valence-electron chi connectivity index (χ2n) is 3.62. The maximum absolute atomic E-state index is 11.9. The SMILES string of the molecule is O=C(O)C1COCCN1C(=O)Cn1ccnn1. The molecule has 1 unspecified atom stereocenters. The van der Waals surface area contributed by atoms with Gasteiger partial charge < -0.3 is 14.7 Å². The lowest BCUT2D eigenvalue weighted by atomic mass is 10.2. The van der Waals surface area contributed by atoms with Gasteiger partial charge in [-0.3, -0.25) is 4.79 Å². The van der Waals surface area contributed by atoms with Gasteiger partial charge in [0.15, 0.2) is 6.04 Å². The van der Waals surface area contributed by atoms with Crippen LogP contribution < -0.4 is 0 Å². The third-order valence-electron chi connectivity index (χ3n) is 2.50. The predicted octanol–water partition coefficient (Wildman–Crippen LogP) is -1.41. The predicted molar refractivity (Wildman–Crippen MR) is 54.0 cm³/mol. The van der Waals surface area contributed by atoms with Crippen molar-refractivity contribution in [3.8, 4) is 0 Å². The Labute approximate surface area is 96.8 Å². The summed E-state index contributed by atoms with van der Waals surface area (Å²) in [6, 6.07) is -0.917. The monoisotopic (exact) mass is 240 g/mol. The van der Waals surface area contributed by atoms with Crippen molar-refractivity contribution in [2.75, 3.05) is 19.8 Å². The van der Waals surface area contributed by atoms with Crippen molar-refractivity contribution >= 4 is 11.9 Å². The molecule has 0 radical (unpaired) electrons. The summed E-state index contributed by atoms with van der Waals surface area (Å²) in [4.78, 5) is 24.2. The molecule has 0 aromatic carbocycles. The molecule has 0 aliphatic carbocycles. The van der Waals surface area contributed by atoms with Crippen molar-refractivity contribution < 1.29 is 19.4 Å². The Hall–Kier alpha value is -1.96. The van der Waals surface area contributed by atoms with Gasteiger partial charge in [0.1, 0.15) is 6.54 Å². The number of carbonyl (C=O) groups excluding carboxylic acids is 1. The maximum Gasteiger partial charge on any atom is 0.328 e. The van der Waals surface area contributed by atoms with Crippen molar-refractivity contribution in [3.05, 3.63) is 12.4 Å². The Bertz CT molecular complexity index is 405. The number of aromatic nitrogens is 3. The van der Waals surface area contributed by atoms with Gasteiger partial charge in [-0.25, -0.2) is 9.48 Å². The second kappa shape index (κ2) is 4.91. The van der Waals surface area contributed by atoms with Gasteiger partial charge in [-0.2, -0.15) is 0 Å². The molecule has 1 aliphatic heterocycles. The van der Waals surface area contributed by atoms with Crippen molar-refractivity contribution in [2.24, 2.45) is 0 Å². The number of hydrogen-bond acceptors (Lipinski definition) is 5. The zero-order valence-corrected chi connectivity index (χ0v) is 9.02. The molecular weight excluding hydrogens is 228 g/mol. The lowest BCUT2D eigenvalue weighted by Crippen LogP contribution is -2.53. The summed E-state index contributed by atoms with van der Waals surface area (Å²) in [6.07, 6.45) is 3.01. The van der Waals surface area contributed by atoms with Crippen LogP contribution in [0.25, 0.3) is 0 Å². The van der Waals surface area contributed by atoms with E-state index >= 15 is 0 Å². The lowest BCUT2D eigenvalue weighted by molar-refractivity contribution is -0.158. The number of hydrogen-bond donors (Lipinski definition) is 1. The van der Waals surface area contributed by atoms with E-state index in [9.17, 15) is 9.59 Å². The van der Waals surface area contributed by atoms with E-state index in [0.717, 1.165) is 0 Å². The molecule has 0 saturated carbocycles. The Kier molecular flexibility index (Phi) is 3.33. The normalized spacial score (nSPS) is 20.2. The molecule has 1 aromatic heterocycles. The molecule has 2 heterocycles. The molecule has 1 aliphatic rings. The highest BCUT2D eigenvalue weighted by Crippen LogP contribution is 2.08. The zero-order valence-electron chi connectivity index (χ0n) is 9.02. The average molecular weight is 240 g/mol. The third kappa shape index (κ3) is 2.59. The Morgan fingerprint density at radius 1 is 1.53 bits per heavy atom. The van der Waals surface area contributed by atoms with Gasteiger partial charge in [-0.15, -0.1) is 5.10 Å². The number of morpholine rings is 1. The van der Waals surface area contributed by atoms with Crippen LogP contribution in [0.2, 0.25) is 0 Å². The summed E-state index contributed by atoms with van der Waals surface area (Å²) in [5, 5.41) is 16.2. The first-order valence-corrected chi connectivity index (χ1v) is 5.12. The van der Waals surface area contributed by atoms with Crippen LogP contribution in [0.4, 0.5) is 0 Å². The molecule has 1 aromatic rings. The largest absolute Gasteiger partial charge is 0.480 e. The number of nitrogens with zero attached hydrogens (tertiary/aromatic N) is 4. The van der Waals surface area contributed by atoms with Crippen molar-refractivity contribution in [2.45, 2.75) is 12.6 Å². The van der Waals surface area contributed by atoms with Gasteiger partial charge in [0.2, 0.25) is 5.91 Å². The number of carbonyl (C=O) groups is 2. The van der Waals surface area contributed by atoms with E-state index in [1.165, 1.54) is 15.8 Å². The summed E-state index contributed by atoms with van der Waals surface area (Å²) in [5.74, 6) is -1.36. The molecule has 0 spiro atoms. The van der Waals surface area contributed by atoms with E-state index in [-0.39, 0.29) is 25.6 Å². The van der Waals surface area contributed by atoms with Crippen molar-refractivity contribution in [1.29, 1.82) is 0 Å². The number of aliphatic carboxylic acids is 1. The summed E-state index contributed by atoms with van der Waals surface area (Å²) in [6.45, 7) is 0.652. The van der Waals surface area contributed by atoms with E-state index < -0.39 is 12.0 Å². The zero-order chi connectivity index (χ0) is 12.3. The number of ether oxygens (including phenoxy) is 1. The van der Waals surface area contributed by atoms with Crippen molar-refractivity contribution in [3.63, 3.8) is 0 Å². The van der Waals surface area contributed by atoms with Crippen molar-refractivity contribution in [1.82, 2.24) is 19.9 Å². The fourth-order valence-corrected chi connectivity index (χ4v) is 1.65. The van der Waals surface area contributed by atoms with E-state index in [4.69, 9.17) is 9.84 Å². The third-order valence-corrected chi connectivity index (χ3v) is 2.50. The number of carboxylic acid groups (broad SMARTS) is 1. The average Bonchev–Trinajstić information content (AvgIpc) is 2.81. The van der Waals surface area contributed by atoms with E-state index in [2.05, 4.69) is 10.3 Å². The summed E-state index contributed by atoms with van der Waals surface area (Å²) in [7, 11) is 0. The highest BCUT2D eigenvalue weighted by molar-refractivity contribution is 5.83. The standard InChI is InChI=1S/C9H12N4O4/c14-8(5-12-2-1-10-11-12)13-3-4-17-6-7(13)9(15)16/h1-2,7H,3-6H2,(H,15,16). The van der Waals surface area contributed by atoms with Gasteiger partial charge >= 0.3 is 5.97 Å². The molecule has 17 heavy (non-hydrogen) atoms. The van der Waals surface area contributed by atoms with Crippen LogP contribution in [0.15, 0.2) is 12.4 Å². The highest BCUT2D eigenvalue weighted by Gasteiger charge is 2.32. The van der Waals surface area contributed by atoms with Crippen LogP contribution >= 0.6 is 0 Å². The highest BCUT2D eigenvalue weighted by atomic mass is 16.5. The van der Waals surface area contributed by atoms with Gasteiger partial charge in [0.25, 0.3) is 0 Å². The lowest BCUT2D eigenvalue weighted by Gasteiger charge is -2.32. The molecule has 1 atom stereocenters. The van der Waals surface area contributed by atoms with E-state index in [1.807, 2.05) is 0 Å². The molecule has 1 N–H and O–H groups in total. The molecule has 8 heteroatoms. The number of amides is 1. The minimum absolute atomic E-state index is 0.0101. The Morgan fingerprint density at radius 2 is 2.35 bits per heavy atom. The summed E-state index contributed by atoms with van der Waals surface area (Å²) < 4.78 is 6.41. The minimum atomic E-state index is -1.06. The molecule has 0 bridgehead atoms. The van der Waals surface area contributed by atoms with E-state index in [0.29, 0.717) is 6.61 Å². The smallest absolute Gasteiger partial charge is 0.328 e. The van der Waals surface area contributed by atoms with Gasteiger partial charge in [0.05, 0.1) is 19.4 Å². The van der Waals surface area contributed by atoms with Crippen LogP contribution in [0.5, 0.6) is 0 Å².